The summed E-state index contributed by atoms with van der Waals surface area (Å²) in [7, 11) is 0. The molecule has 0 spiro atoms. The largest absolute Gasteiger partial charge is 0.344 e. The summed E-state index contributed by atoms with van der Waals surface area (Å²) in [6.07, 6.45) is 6.93. The Kier molecular flexibility index (Phi) is 2.84. The maximum Gasteiger partial charge on any atom is 0.0485 e. The summed E-state index contributed by atoms with van der Waals surface area (Å²) < 4.78 is 2.64. The van der Waals surface area contributed by atoms with Crippen LogP contribution in [0.25, 0.3) is 10.9 Å². The van der Waals surface area contributed by atoms with Gasteiger partial charge in [-0.3, -0.25) is 0 Å². The quantitative estimate of drug-likeness (QED) is 0.868. The van der Waals surface area contributed by atoms with Gasteiger partial charge in [0.25, 0.3) is 0 Å². The van der Waals surface area contributed by atoms with E-state index in [9.17, 15) is 0 Å². The monoisotopic (exact) mass is 254 g/mol. The zero-order valence-electron chi connectivity index (χ0n) is 11.5. The predicted octanol–water partition coefficient (Wildman–Crippen LogP) is 3.48. The fourth-order valence-electron chi connectivity index (χ4n) is 3.99. The Balaban J connectivity index is 1.83. The van der Waals surface area contributed by atoms with Crippen LogP contribution in [0.5, 0.6) is 0 Å². The Bertz CT molecular complexity index is 591. The highest BCUT2D eigenvalue weighted by molar-refractivity contribution is 5.85. The van der Waals surface area contributed by atoms with Gasteiger partial charge in [-0.1, -0.05) is 31.0 Å². The zero-order chi connectivity index (χ0) is 12.7. The summed E-state index contributed by atoms with van der Waals surface area (Å²) in [5.41, 5.74) is 4.62. The van der Waals surface area contributed by atoms with Crippen molar-refractivity contribution in [3.05, 3.63) is 35.5 Å². The number of rotatable bonds is 2. The first-order chi connectivity index (χ1) is 9.43. The number of benzene rings is 1. The van der Waals surface area contributed by atoms with E-state index in [0.717, 1.165) is 19.0 Å². The van der Waals surface area contributed by atoms with Gasteiger partial charge in [0.15, 0.2) is 0 Å². The molecule has 0 atom stereocenters. The van der Waals surface area contributed by atoms with E-state index in [1.165, 1.54) is 49.6 Å². The van der Waals surface area contributed by atoms with Gasteiger partial charge >= 0.3 is 0 Å². The number of hydrogen-bond acceptors (Lipinski definition) is 1. The summed E-state index contributed by atoms with van der Waals surface area (Å²) in [6.45, 7) is 3.43. The molecule has 1 aromatic carbocycles. The fraction of sp³-hybridized carbons (Fsp3) is 0.529. The second kappa shape index (κ2) is 4.68. The molecule has 2 aliphatic rings. The van der Waals surface area contributed by atoms with Crippen molar-refractivity contribution in [3.8, 4) is 0 Å². The molecule has 2 aromatic rings. The first-order valence-corrected chi connectivity index (χ1v) is 7.73. The van der Waals surface area contributed by atoms with Crippen LogP contribution in [0.4, 0.5) is 0 Å². The Labute approximate surface area is 114 Å². The van der Waals surface area contributed by atoms with Gasteiger partial charge in [-0.25, -0.2) is 0 Å². The molecule has 1 N–H and O–H groups in total. The summed E-state index contributed by atoms with van der Waals surface area (Å²) >= 11 is 0. The smallest absolute Gasteiger partial charge is 0.0485 e. The molecule has 1 aromatic heterocycles. The minimum atomic E-state index is 0.912. The zero-order valence-corrected chi connectivity index (χ0v) is 11.5. The van der Waals surface area contributed by atoms with Gasteiger partial charge in [-0.2, -0.15) is 0 Å². The summed E-state index contributed by atoms with van der Waals surface area (Å²) in [4.78, 5) is 0. The molecule has 2 heteroatoms. The van der Waals surface area contributed by atoms with E-state index in [4.69, 9.17) is 0 Å². The lowest BCUT2D eigenvalue weighted by atomic mass is 10.1. The number of nitrogens with one attached hydrogen (secondary N) is 1. The maximum absolute atomic E-state index is 3.53. The van der Waals surface area contributed by atoms with E-state index in [0.29, 0.717) is 0 Å². The highest BCUT2D eigenvalue weighted by atomic mass is 15.0. The van der Waals surface area contributed by atoms with Crippen molar-refractivity contribution >= 4 is 10.9 Å². The summed E-state index contributed by atoms with van der Waals surface area (Å²) in [6, 6.07) is 8.97. The van der Waals surface area contributed by atoms with Gasteiger partial charge in [-0.05, 0) is 30.4 Å². The number of nitrogens with zero attached hydrogens (tertiary/aromatic N) is 1. The molecule has 1 aliphatic carbocycles. The molecule has 19 heavy (non-hydrogen) atoms. The molecule has 0 saturated heterocycles. The third kappa shape index (κ3) is 1.90. The Hall–Kier alpha value is -1.28. The number of aromatic nitrogens is 1. The van der Waals surface area contributed by atoms with Gasteiger partial charge in [0.2, 0.25) is 0 Å². The average molecular weight is 254 g/mol. The molecule has 0 radical (unpaired) electrons. The Morgan fingerprint density at radius 3 is 2.89 bits per heavy atom. The minimum absolute atomic E-state index is 0.912. The van der Waals surface area contributed by atoms with Crippen LogP contribution < -0.4 is 5.32 Å². The maximum atomic E-state index is 3.53. The second-order valence-corrected chi connectivity index (χ2v) is 6.13. The number of fused-ring (bicyclic) bond motifs is 3. The van der Waals surface area contributed by atoms with Gasteiger partial charge < -0.3 is 9.88 Å². The second-order valence-electron chi connectivity index (χ2n) is 6.13. The summed E-state index contributed by atoms with van der Waals surface area (Å²) in [5, 5.41) is 5.00. The summed E-state index contributed by atoms with van der Waals surface area (Å²) in [5.74, 6) is 0.912. The Morgan fingerprint density at radius 1 is 1.16 bits per heavy atom. The van der Waals surface area contributed by atoms with Crippen LogP contribution in [-0.2, 0) is 19.5 Å². The lowest BCUT2D eigenvalue weighted by Crippen LogP contribution is -2.25. The van der Waals surface area contributed by atoms with Crippen LogP contribution >= 0.6 is 0 Å². The Morgan fingerprint density at radius 2 is 2.00 bits per heavy atom. The van der Waals surface area contributed by atoms with Gasteiger partial charge in [0, 0.05) is 42.7 Å². The third-order valence-corrected chi connectivity index (χ3v) is 4.95. The lowest BCUT2D eigenvalue weighted by Gasteiger charge is -2.19. The lowest BCUT2D eigenvalue weighted by molar-refractivity contribution is 0.451. The van der Waals surface area contributed by atoms with E-state index in [1.807, 2.05) is 0 Å². The molecule has 1 saturated carbocycles. The first kappa shape index (κ1) is 11.5. The van der Waals surface area contributed by atoms with Crippen LogP contribution in [0.15, 0.2) is 24.3 Å². The molecule has 0 amide bonds. The number of hydrogen-bond donors (Lipinski definition) is 1. The number of para-hydroxylation sites is 1. The molecule has 1 fully saturated rings. The van der Waals surface area contributed by atoms with E-state index in [2.05, 4.69) is 34.1 Å². The van der Waals surface area contributed by atoms with Crippen molar-refractivity contribution in [3.63, 3.8) is 0 Å². The van der Waals surface area contributed by atoms with Gasteiger partial charge in [0.1, 0.15) is 0 Å². The molecule has 2 heterocycles. The van der Waals surface area contributed by atoms with E-state index >= 15 is 0 Å². The van der Waals surface area contributed by atoms with Crippen LogP contribution in [-0.4, -0.2) is 11.1 Å². The van der Waals surface area contributed by atoms with E-state index in [1.54, 1.807) is 11.3 Å². The van der Waals surface area contributed by atoms with Crippen molar-refractivity contribution < 1.29 is 0 Å². The predicted molar refractivity (Wildman–Crippen MR) is 79.3 cm³/mol. The molecule has 0 bridgehead atoms. The first-order valence-electron chi connectivity index (χ1n) is 7.73. The van der Waals surface area contributed by atoms with Crippen LogP contribution in [0.2, 0.25) is 0 Å². The van der Waals surface area contributed by atoms with Crippen molar-refractivity contribution in [2.45, 2.75) is 45.2 Å². The molecule has 0 unspecified atom stereocenters. The van der Waals surface area contributed by atoms with Crippen molar-refractivity contribution in [2.75, 3.05) is 6.54 Å². The fourth-order valence-corrected chi connectivity index (χ4v) is 3.99. The topological polar surface area (TPSA) is 17.0 Å². The van der Waals surface area contributed by atoms with Crippen LogP contribution in [0.1, 0.15) is 36.9 Å². The normalized spacial score (nSPS) is 20.0. The highest BCUT2D eigenvalue weighted by Crippen LogP contribution is 2.32. The molecule has 100 valence electrons. The minimum Gasteiger partial charge on any atom is -0.344 e. The standard InChI is InChI=1S/C17H22N2/c1-2-6-13(5-1)12-19-16-8-4-3-7-14(16)15-11-18-10-9-17(15)19/h3-4,7-8,13,18H,1-2,5-6,9-12H2. The van der Waals surface area contributed by atoms with Crippen molar-refractivity contribution in [1.82, 2.24) is 9.88 Å². The average Bonchev–Trinajstić information content (AvgIpc) is 3.08. The van der Waals surface area contributed by atoms with Crippen LogP contribution in [0, 0.1) is 5.92 Å². The third-order valence-electron chi connectivity index (χ3n) is 4.95. The highest BCUT2D eigenvalue weighted by Gasteiger charge is 2.22. The molecular weight excluding hydrogens is 232 g/mol. The SMILES string of the molecule is c1ccc2c(c1)c1c(n2CC2CCCC2)CCNC1. The molecule has 4 rings (SSSR count). The van der Waals surface area contributed by atoms with Gasteiger partial charge in [0.05, 0.1) is 0 Å². The molecule has 1 aliphatic heterocycles. The van der Waals surface area contributed by atoms with Crippen molar-refractivity contribution in [2.24, 2.45) is 5.92 Å². The van der Waals surface area contributed by atoms with Gasteiger partial charge in [-0.15, -0.1) is 0 Å². The molecular formula is C17H22N2. The molecule has 2 nitrogen and oxygen atoms in total. The van der Waals surface area contributed by atoms with Crippen LogP contribution in [0.3, 0.4) is 0 Å². The van der Waals surface area contributed by atoms with E-state index in [-0.39, 0.29) is 0 Å². The van der Waals surface area contributed by atoms with E-state index < -0.39 is 0 Å². The van der Waals surface area contributed by atoms with Crippen molar-refractivity contribution in [1.29, 1.82) is 0 Å².